The second kappa shape index (κ2) is 27.2. The van der Waals surface area contributed by atoms with Crippen LogP contribution < -0.4 is 18.9 Å². The molecule has 5 nitrogen and oxygen atoms in total. The van der Waals surface area contributed by atoms with Gasteiger partial charge in [-0.05, 0) is 155 Å². The maximum atomic E-state index is 6.44. The summed E-state index contributed by atoms with van der Waals surface area (Å²) in [5.74, 6) is 2.83. The van der Waals surface area contributed by atoms with Gasteiger partial charge in [0.15, 0.2) is 0 Å². The lowest BCUT2D eigenvalue weighted by Gasteiger charge is -2.19. The van der Waals surface area contributed by atoms with Crippen LogP contribution in [0.15, 0.2) is 85.2 Å². The fraction of sp³-hybridized carbons (Fsp3) is 0.333. The molecule has 0 N–H and O–H groups in total. The highest BCUT2D eigenvalue weighted by atomic mass is 79.9. The Bertz CT molecular complexity index is 1780. The van der Waals surface area contributed by atoms with Crippen molar-refractivity contribution >= 4 is 247 Å². The van der Waals surface area contributed by atoms with Crippen molar-refractivity contribution in [2.24, 2.45) is 0 Å². The van der Waals surface area contributed by atoms with E-state index >= 15 is 0 Å². The van der Waals surface area contributed by atoms with E-state index in [0.29, 0.717) is 49.4 Å². The molecule has 0 fully saturated rings. The highest BCUT2D eigenvalue weighted by molar-refractivity contribution is 9.13. The number of halogens is 14. The first kappa shape index (κ1) is 53.1. The Morgan fingerprint density at radius 2 is 0.737 bits per heavy atom. The van der Waals surface area contributed by atoms with E-state index in [1.807, 2.05) is 48.5 Å². The largest absolute Gasteiger partial charge is 0.491 e. The summed E-state index contributed by atoms with van der Waals surface area (Å²) < 4.78 is 36.0. The topological polar surface area (TPSA) is 46.2 Å². The van der Waals surface area contributed by atoms with Crippen LogP contribution in [-0.4, -0.2) is 67.1 Å². The number of rotatable bonds is 22. The SMILES string of the molecule is BrCC(Br)COc1ccc(SOSc2ccc(OCC(Br)CBr)c(Br)c2-c2cc(Br)c(OCC(Br)CBr)c(Br)c2)c(-c2cc(Br)c(OCC(Br)CBr)c(Br)c2)c1Br. The van der Waals surface area contributed by atoms with Crippen molar-refractivity contribution in [3.8, 4) is 45.3 Å². The Morgan fingerprint density at radius 1 is 0.439 bits per heavy atom. The van der Waals surface area contributed by atoms with Crippen molar-refractivity contribution in [1.29, 1.82) is 0 Å². The molecule has 4 aromatic carbocycles. The second-order valence-corrected chi connectivity index (χ2v) is 26.1. The van der Waals surface area contributed by atoms with Gasteiger partial charge in [-0.15, -0.1) is 0 Å². The zero-order valence-corrected chi connectivity index (χ0v) is 52.6. The van der Waals surface area contributed by atoms with Gasteiger partial charge in [-0.2, -0.15) is 0 Å². The number of benzene rings is 4. The van der Waals surface area contributed by atoms with Gasteiger partial charge >= 0.3 is 0 Å². The van der Waals surface area contributed by atoms with E-state index in [2.05, 4.69) is 223 Å². The van der Waals surface area contributed by atoms with Crippen molar-refractivity contribution in [3.05, 3.63) is 75.4 Å². The quantitative estimate of drug-likeness (QED) is 0.0574. The van der Waals surface area contributed by atoms with Crippen LogP contribution in [0, 0.1) is 0 Å². The normalized spacial score (nSPS) is 13.6. The maximum absolute atomic E-state index is 6.44. The number of ether oxygens (including phenoxy) is 4. The van der Waals surface area contributed by atoms with Crippen molar-refractivity contribution < 1.29 is 22.6 Å². The maximum Gasteiger partial charge on any atom is 0.147 e. The molecule has 0 saturated carbocycles. The Morgan fingerprint density at radius 3 is 1.04 bits per heavy atom. The van der Waals surface area contributed by atoms with Gasteiger partial charge in [0.05, 0.1) is 46.1 Å². The molecule has 0 bridgehead atoms. The number of alkyl halides is 8. The van der Waals surface area contributed by atoms with Gasteiger partial charge in [0.2, 0.25) is 0 Å². The molecule has 4 unspecified atom stereocenters. The molecule has 0 spiro atoms. The molecule has 0 aliphatic carbocycles. The van der Waals surface area contributed by atoms with Crippen LogP contribution >= 0.6 is 247 Å². The minimum absolute atomic E-state index is 0.139. The fourth-order valence-corrected chi connectivity index (χ4v) is 12.0. The van der Waals surface area contributed by atoms with Gasteiger partial charge in [0, 0.05) is 66.3 Å². The molecule has 4 rings (SSSR count). The Hall–Kier alpha value is 3.46. The Labute approximate surface area is 459 Å². The van der Waals surface area contributed by atoms with Crippen LogP contribution in [0.5, 0.6) is 23.0 Å². The summed E-state index contributed by atoms with van der Waals surface area (Å²) in [6, 6.07) is 16.0. The van der Waals surface area contributed by atoms with E-state index in [-0.39, 0.29) is 19.3 Å². The third-order valence-electron chi connectivity index (χ3n) is 7.28. The molecule has 4 atom stereocenters. The van der Waals surface area contributed by atoms with Crippen LogP contribution in [0.2, 0.25) is 0 Å². The summed E-state index contributed by atoms with van der Waals surface area (Å²) in [4.78, 5) is 2.33. The Balaban J connectivity index is 1.72. The van der Waals surface area contributed by atoms with Gasteiger partial charge < -0.3 is 18.9 Å². The van der Waals surface area contributed by atoms with E-state index in [4.69, 9.17) is 22.6 Å². The Kier molecular flexibility index (Phi) is 25.3. The van der Waals surface area contributed by atoms with E-state index < -0.39 is 0 Å². The van der Waals surface area contributed by atoms with Crippen molar-refractivity contribution in [1.82, 2.24) is 0 Å². The molecule has 0 amide bonds. The van der Waals surface area contributed by atoms with Crippen molar-refractivity contribution in [2.75, 3.05) is 47.7 Å². The molecule has 0 aliphatic rings. The highest BCUT2D eigenvalue weighted by Crippen LogP contribution is 2.50. The smallest absolute Gasteiger partial charge is 0.147 e. The van der Waals surface area contributed by atoms with Crippen LogP contribution in [0.3, 0.4) is 0 Å². The molecule has 0 radical (unpaired) electrons. The molecule has 21 heteroatoms. The summed E-state index contributed by atoms with van der Waals surface area (Å²) in [5, 5.41) is 3.03. The van der Waals surface area contributed by atoms with Crippen LogP contribution in [0.4, 0.5) is 0 Å². The summed E-state index contributed by atoms with van der Waals surface area (Å²) in [7, 11) is 0. The zero-order chi connectivity index (χ0) is 41.8. The summed E-state index contributed by atoms with van der Waals surface area (Å²) >= 11 is 53.9. The predicted octanol–water partition coefficient (Wildman–Crippen LogP) is 18.5. The first-order valence-corrected chi connectivity index (χ1v) is 30.6. The average Bonchev–Trinajstić information content (AvgIpc) is 3.18. The number of hydrogen-bond donors (Lipinski definition) is 0. The second-order valence-electron chi connectivity index (χ2n) is 11.5. The standard InChI is InChI=1S/C36H28Br14O5S2/c37-9-19(41)13-51-27-1-3-29(31(33(27)49)17-5-23(45)35(24(46)6-17)53-15-21(43)11-39)56-55-57-30-4-2-28(52-14-20(42)10-38)34(50)32(30)18-7-25(47)36(26(48)8-18)54-16-22(44)12-40/h1-8,19-22H,9-16H2. The highest BCUT2D eigenvalue weighted by Gasteiger charge is 2.23. The lowest BCUT2D eigenvalue weighted by atomic mass is 10.0. The minimum Gasteiger partial charge on any atom is -0.491 e. The monoisotopic (exact) mass is 1710 g/mol. The van der Waals surface area contributed by atoms with Gasteiger partial charge in [0.25, 0.3) is 0 Å². The first-order chi connectivity index (χ1) is 27.2. The molecular formula is C36H28Br14O5S2. The first-order valence-electron chi connectivity index (χ1n) is 16.2. The molecule has 0 saturated heterocycles. The van der Waals surface area contributed by atoms with Gasteiger partial charge in [-0.25, -0.2) is 3.63 Å². The third-order valence-corrected chi connectivity index (χ3v) is 21.8. The molecular weight excluding hydrogens is 1700 g/mol. The summed E-state index contributed by atoms with van der Waals surface area (Å²) in [6.07, 6.45) is 0. The third kappa shape index (κ3) is 15.8. The number of hydrogen-bond acceptors (Lipinski definition) is 7. The van der Waals surface area contributed by atoms with Gasteiger partial charge in [0.1, 0.15) is 49.4 Å². The lowest BCUT2D eigenvalue weighted by molar-refractivity contribution is 0.321. The predicted molar refractivity (Wildman–Crippen MR) is 291 cm³/mol. The minimum atomic E-state index is 0.139. The summed E-state index contributed by atoms with van der Waals surface area (Å²) in [6.45, 7) is 1.92. The molecule has 312 valence electrons. The van der Waals surface area contributed by atoms with Crippen molar-refractivity contribution in [3.63, 3.8) is 0 Å². The zero-order valence-electron chi connectivity index (χ0n) is 28.7. The van der Waals surface area contributed by atoms with Gasteiger partial charge in [-0.3, -0.25) is 0 Å². The lowest BCUT2D eigenvalue weighted by Crippen LogP contribution is -2.13. The van der Waals surface area contributed by atoms with E-state index in [1.54, 1.807) is 0 Å². The van der Waals surface area contributed by atoms with Gasteiger partial charge in [-0.1, -0.05) is 127 Å². The molecule has 0 aromatic heterocycles. The molecule has 4 aromatic rings. The van der Waals surface area contributed by atoms with E-state index in [1.165, 1.54) is 24.1 Å². The van der Waals surface area contributed by atoms with Crippen LogP contribution in [0.1, 0.15) is 0 Å². The van der Waals surface area contributed by atoms with E-state index in [9.17, 15) is 0 Å². The van der Waals surface area contributed by atoms with Crippen molar-refractivity contribution in [2.45, 2.75) is 29.1 Å². The molecule has 57 heavy (non-hydrogen) atoms. The van der Waals surface area contributed by atoms with E-state index in [0.717, 1.165) is 80.2 Å². The fourth-order valence-electron chi connectivity index (χ4n) is 4.64. The molecule has 0 aliphatic heterocycles. The van der Waals surface area contributed by atoms with Crippen LogP contribution in [-0.2, 0) is 3.63 Å². The average molecular weight is 1720 g/mol. The van der Waals surface area contributed by atoms with Crippen LogP contribution in [0.25, 0.3) is 22.3 Å². The molecule has 0 heterocycles. The summed E-state index contributed by atoms with van der Waals surface area (Å²) in [5.41, 5.74) is 3.62.